The molecule has 0 amide bonds. The highest BCUT2D eigenvalue weighted by Crippen LogP contribution is 2.27. The molecule has 13 heavy (non-hydrogen) atoms. The third-order valence-corrected chi connectivity index (χ3v) is 3.03. The maximum absolute atomic E-state index is 4.53. The Kier molecular flexibility index (Phi) is 1.46. The van der Waals surface area contributed by atoms with Crippen molar-refractivity contribution in [2.24, 2.45) is 0 Å². The average molecular weight is 188 g/mol. The lowest BCUT2D eigenvalue weighted by Gasteiger charge is -2.07. The summed E-state index contributed by atoms with van der Waals surface area (Å²) in [6.45, 7) is 0.947. The summed E-state index contributed by atoms with van der Waals surface area (Å²) in [5, 5.41) is 3.20. The van der Waals surface area contributed by atoms with Crippen molar-refractivity contribution in [2.75, 3.05) is 0 Å². The minimum atomic E-state index is 0.947. The van der Waals surface area contributed by atoms with Crippen molar-refractivity contribution in [1.29, 1.82) is 0 Å². The molecule has 3 heteroatoms. The van der Waals surface area contributed by atoms with Crippen LogP contribution in [0.15, 0.2) is 40.9 Å². The van der Waals surface area contributed by atoms with Crippen molar-refractivity contribution >= 4 is 22.8 Å². The summed E-state index contributed by atoms with van der Waals surface area (Å²) >= 11 is 1.69. The molecular formula is C10H8N2S. The smallest absolute Gasteiger partial charge is 0.173 e. The maximum atomic E-state index is 4.53. The van der Waals surface area contributed by atoms with E-state index in [0.717, 1.165) is 17.2 Å². The molecule has 64 valence electrons. The van der Waals surface area contributed by atoms with E-state index >= 15 is 0 Å². The number of nitrogens with zero attached hydrogens (tertiary/aromatic N) is 2. The minimum Gasteiger partial charge on any atom is -0.315 e. The van der Waals surface area contributed by atoms with E-state index in [1.54, 1.807) is 11.8 Å². The van der Waals surface area contributed by atoms with E-state index in [-0.39, 0.29) is 0 Å². The van der Waals surface area contributed by atoms with Crippen molar-refractivity contribution < 1.29 is 0 Å². The number of imidazole rings is 1. The van der Waals surface area contributed by atoms with E-state index in [1.807, 2.05) is 6.07 Å². The standard InChI is InChI=1S/C10H8N2S/c1-2-5-9-8(4-1)11-10-12(9)6-3-7-13-10/h1-5,7H,6H2. The average Bonchev–Trinajstić information content (AvgIpc) is 2.56. The molecule has 1 aromatic carbocycles. The summed E-state index contributed by atoms with van der Waals surface area (Å²) in [6.07, 6.45) is 2.16. The Morgan fingerprint density at radius 3 is 3.23 bits per heavy atom. The number of allylic oxidation sites excluding steroid dienone is 1. The summed E-state index contributed by atoms with van der Waals surface area (Å²) in [6, 6.07) is 8.26. The predicted octanol–water partition coefficient (Wildman–Crippen LogP) is 2.66. The molecule has 0 saturated heterocycles. The number of benzene rings is 1. The monoisotopic (exact) mass is 188 g/mol. The van der Waals surface area contributed by atoms with E-state index in [2.05, 4.69) is 39.2 Å². The molecule has 0 unspecified atom stereocenters. The zero-order chi connectivity index (χ0) is 8.67. The van der Waals surface area contributed by atoms with Crippen molar-refractivity contribution in [2.45, 2.75) is 11.7 Å². The lowest BCUT2D eigenvalue weighted by atomic mass is 10.3. The molecule has 1 aromatic heterocycles. The lowest BCUT2D eigenvalue weighted by molar-refractivity contribution is 0.743. The Morgan fingerprint density at radius 1 is 1.31 bits per heavy atom. The highest BCUT2D eigenvalue weighted by Gasteiger charge is 2.10. The Morgan fingerprint density at radius 2 is 2.23 bits per heavy atom. The van der Waals surface area contributed by atoms with Crippen LogP contribution in [-0.2, 0) is 6.54 Å². The van der Waals surface area contributed by atoms with Crippen LogP contribution in [0.1, 0.15) is 0 Å². The molecule has 0 fully saturated rings. The summed E-state index contributed by atoms with van der Waals surface area (Å²) in [5.41, 5.74) is 2.32. The van der Waals surface area contributed by atoms with E-state index in [0.29, 0.717) is 0 Å². The SMILES string of the molecule is C1=CSc2nc3ccccc3n2C1. The zero-order valence-electron chi connectivity index (χ0n) is 6.97. The van der Waals surface area contributed by atoms with Crippen LogP contribution in [0.5, 0.6) is 0 Å². The molecule has 0 N–H and O–H groups in total. The molecule has 1 aliphatic heterocycles. The number of rotatable bonds is 0. The number of hydrogen-bond acceptors (Lipinski definition) is 2. The third-order valence-electron chi connectivity index (χ3n) is 2.18. The normalized spacial score (nSPS) is 14.8. The second kappa shape index (κ2) is 2.64. The number of para-hydroxylation sites is 2. The van der Waals surface area contributed by atoms with Crippen LogP contribution < -0.4 is 0 Å². The lowest BCUT2D eigenvalue weighted by Crippen LogP contribution is -1.99. The van der Waals surface area contributed by atoms with Gasteiger partial charge in [0.15, 0.2) is 5.16 Å². The summed E-state index contributed by atoms with van der Waals surface area (Å²) in [7, 11) is 0. The van der Waals surface area contributed by atoms with Gasteiger partial charge < -0.3 is 4.57 Å². The first-order valence-electron chi connectivity index (χ1n) is 4.22. The van der Waals surface area contributed by atoms with Gasteiger partial charge in [-0.1, -0.05) is 30.0 Å². The molecule has 2 heterocycles. The summed E-state index contributed by atoms with van der Waals surface area (Å²) in [5.74, 6) is 0. The van der Waals surface area contributed by atoms with Crippen molar-refractivity contribution in [3.8, 4) is 0 Å². The van der Waals surface area contributed by atoms with Crippen molar-refractivity contribution in [1.82, 2.24) is 9.55 Å². The van der Waals surface area contributed by atoms with Gasteiger partial charge in [-0.05, 0) is 17.5 Å². The predicted molar refractivity (Wildman–Crippen MR) is 54.7 cm³/mol. The van der Waals surface area contributed by atoms with Gasteiger partial charge in [0.25, 0.3) is 0 Å². The second-order valence-electron chi connectivity index (χ2n) is 2.98. The van der Waals surface area contributed by atoms with Crippen LogP contribution in [-0.4, -0.2) is 9.55 Å². The molecular weight excluding hydrogens is 180 g/mol. The van der Waals surface area contributed by atoms with E-state index in [4.69, 9.17) is 0 Å². The Balaban J connectivity index is 2.37. The Bertz CT molecular complexity index is 485. The van der Waals surface area contributed by atoms with Crippen LogP contribution in [0.4, 0.5) is 0 Å². The van der Waals surface area contributed by atoms with Crippen LogP contribution in [0.2, 0.25) is 0 Å². The second-order valence-corrected chi connectivity index (χ2v) is 3.86. The van der Waals surface area contributed by atoms with Gasteiger partial charge in [0.05, 0.1) is 11.0 Å². The molecule has 1 aliphatic rings. The van der Waals surface area contributed by atoms with Crippen molar-refractivity contribution in [3.05, 3.63) is 35.7 Å². The van der Waals surface area contributed by atoms with Crippen molar-refractivity contribution in [3.63, 3.8) is 0 Å². The summed E-state index contributed by atoms with van der Waals surface area (Å²) < 4.78 is 2.24. The first-order valence-corrected chi connectivity index (χ1v) is 5.10. The third kappa shape index (κ3) is 1.00. The molecule has 3 rings (SSSR count). The van der Waals surface area contributed by atoms with Gasteiger partial charge in [0, 0.05) is 6.54 Å². The molecule has 0 spiro atoms. The fourth-order valence-electron chi connectivity index (χ4n) is 1.58. The zero-order valence-corrected chi connectivity index (χ0v) is 7.79. The molecule has 0 aliphatic carbocycles. The topological polar surface area (TPSA) is 17.8 Å². The molecule has 0 atom stereocenters. The number of fused-ring (bicyclic) bond motifs is 3. The van der Waals surface area contributed by atoms with Gasteiger partial charge in [-0.25, -0.2) is 4.98 Å². The number of hydrogen-bond donors (Lipinski definition) is 0. The van der Waals surface area contributed by atoms with Gasteiger partial charge in [-0.2, -0.15) is 0 Å². The largest absolute Gasteiger partial charge is 0.315 e. The van der Waals surface area contributed by atoms with E-state index in [1.165, 1.54) is 5.52 Å². The van der Waals surface area contributed by atoms with Gasteiger partial charge in [-0.3, -0.25) is 0 Å². The van der Waals surface area contributed by atoms with E-state index in [9.17, 15) is 0 Å². The first-order chi connectivity index (χ1) is 6.45. The first kappa shape index (κ1) is 7.21. The van der Waals surface area contributed by atoms with Crippen LogP contribution in [0.3, 0.4) is 0 Å². The molecule has 0 radical (unpaired) electrons. The maximum Gasteiger partial charge on any atom is 0.173 e. The van der Waals surface area contributed by atoms with Gasteiger partial charge in [-0.15, -0.1) is 0 Å². The molecule has 2 aromatic rings. The Labute approximate surface area is 80.3 Å². The van der Waals surface area contributed by atoms with Crippen LogP contribution >= 0.6 is 11.8 Å². The highest BCUT2D eigenvalue weighted by molar-refractivity contribution is 8.02. The van der Waals surface area contributed by atoms with Crippen LogP contribution in [0.25, 0.3) is 11.0 Å². The molecule has 0 saturated carbocycles. The number of aromatic nitrogens is 2. The Hall–Kier alpha value is -1.22. The number of thioether (sulfide) groups is 1. The van der Waals surface area contributed by atoms with E-state index < -0.39 is 0 Å². The van der Waals surface area contributed by atoms with Gasteiger partial charge >= 0.3 is 0 Å². The molecule has 0 bridgehead atoms. The van der Waals surface area contributed by atoms with Crippen LogP contribution in [0, 0.1) is 0 Å². The molecule has 2 nitrogen and oxygen atoms in total. The summed E-state index contributed by atoms with van der Waals surface area (Å²) in [4.78, 5) is 4.53. The minimum absolute atomic E-state index is 0.947. The van der Waals surface area contributed by atoms with Gasteiger partial charge in [0.1, 0.15) is 0 Å². The fraction of sp³-hybridized carbons (Fsp3) is 0.100. The van der Waals surface area contributed by atoms with Gasteiger partial charge in [0.2, 0.25) is 0 Å². The fourth-order valence-corrected chi connectivity index (χ4v) is 2.33. The quantitative estimate of drug-likeness (QED) is 0.632. The highest BCUT2D eigenvalue weighted by atomic mass is 32.2.